The van der Waals surface area contributed by atoms with Crippen molar-refractivity contribution in [3.8, 4) is 0 Å². The van der Waals surface area contributed by atoms with E-state index in [9.17, 15) is 18.0 Å². The normalized spacial score (nSPS) is 19.9. The van der Waals surface area contributed by atoms with Crippen molar-refractivity contribution in [2.75, 3.05) is 13.7 Å². The average molecular weight is 320 g/mol. The number of nitrogens with zero attached hydrogens (tertiary/aromatic N) is 2. The summed E-state index contributed by atoms with van der Waals surface area (Å²) in [5.41, 5.74) is 0.630. The zero-order valence-electron chi connectivity index (χ0n) is 10.5. The van der Waals surface area contributed by atoms with Gasteiger partial charge in [-0.15, -0.1) is 11.3 Å². The smallest absolute Gasteiger partial charge is 0.356 e. The highest BCUT2D eigenvalue weighted by Gasteiger charge is 2.42. The maximum Gasteiger partial charge on any atom is 0.356 e. The van der Waals surface area contributed by atoms with Gasteiger partial charge in [-0.25, -0.2) is 18.2 Å². The molecule has 1 aromatic heterocycles. The number of carboxylic acid groups (broad SMARTS) is 1. The molecule has 0 aromatic carbocycles. The Morgan fingerprint density at radius 2 is 2.25 bits per heavy atom. The SMILES string of the molecule is COC(=O)C1CCCN1S(=O)(=O)c1scnc1C(=O)O. The van der Waals surface area contributed by atoms with Crippen LogP contribution in [0.5, 0.6) is 0 Å². The monoisotopic (exact) mass is 320 g/mol. The first-order chi connectivity index (χ1) is 9.39. The van der Waals surface area contributed by atoms with Gasteiger partial charge in [-0.1, -0.05) is 0 Å². The molecule has 1 fully saturated rings. The Morgan fingerprint density at radius 3 is 2.85 bits per heavy atom. The van der Waals surface area contributed by atoms with Crippen LogP contribution in [0.1, 0.15) is 23.3 Å². The second-order valence-corrected chi connectivity index (χ2v) is 7.03. The molecule has 0 bridgehead atoms. The van der Waals surface area contributed by atoms with E-state index in [-0.39, 0.29) is 10.8 Å². The number of rotatable bonds is 4. The number of hydrogen-bond donors (Lipinski definition) is 1. The predicted molar refractivity (Wildman–Crippen MR) is 68.0 cm³/mol. The lowest BCUT2D eigenvalue weighted by Gasteiger charge is -2.21. The Hall–Kier alpha value is -1.52. The van der Waals surface area contributed by atoms with Crippen molar-refractivity contribution in [3.63, 3.8) is 0 Å². The molecule has 1 N–H and O–H groups in total. The van der Waals surface area contributed by atoms with Crippen molar-refractivity contribution in [2.24, 2.45) is 0 Å². The molecule has 0 spiro atoms. The van der Waals surface area contributed by atoms with E-state index in [1.165, 1.54) is 7.11 Å². The second kappa shape index (κ2) is 5.46. The van der Waals surface area contributed by atoms with Crippen LogP contribution in [0.4, 0.5) is 0 Å². The third-order valence-electron chi connectivity index (χ3n) is 2.96. The van der Waals surface area contributed by atoms with Crippen molar-refractivity contribution in [2.45, 2.75) is 23.1 Å². The van der Waals surface area contributed by atoms with Gasteiger partial charge >= 0.3 is 11.9 Å². The van der Waals surface area contributed by atoms with Crippen molar-refractivity contribution in [3.05, 3.63) is 11.2 Å². The summed E-state index contributed by atoms with van der Waals surface area (Å²) in [4.78, 5) is 26.1. The number of ether oxygens (including phenoxy) is 1. The Bertz CT molecular complexity index is 638. The van der Waals surface area contributed by atoms with Gasteiger partial charge in [-0.3, -0.25) is 4.79 Å². The number of carboxylic acids is 1. The molecule has 1 unspecified atom stereocenters. The molecule has 1 aliphatic rings. The van der Waals surface area contributed by atoms with Gasteiger partial charge in [0.1, 0.15) is 6.04 Å². The molecule has 0 radical (unpaired) electrons. The molecule has 1 atom stereocenters. The quantitative estimate of drug-likeness (QED) is 0.786. The van der Waals surface area contributed by atoms with Gasteiger partial charge in [0.25, 0.3) is 10.0 Å². The fourth-order valence-electron chi connectivity index (χ4n) is 2.07. The molecule has 0 saturated carbocycles. The molecule has 0 aliphatic carbocycles. The van der Waals surface area contributed by atoms with Crippen molar-refractivity contribution >= 4 is 33.3 Å². The van der Waals surface area contributed by atoms with E-state index in [2.05, 4.69) is 9.72 Å². The van der Waals surface area contributed by atoms with Gasteiger partial charge in [0.15, 0.2) is 9.90 Å². The largest absolute Gasteiger partial charge is 0.476 e. The number of carbonyl (C=O) groups excluding carboxylic acids is 1. The lowest BCUT2D eigenvalue weighted by atomic mass is 10.2. The zero-order valence-corrected chi connectivity index (χ0v) is 12.1. The Morgan fingerprint density at radius 1 is 1.55 bits per heavy atom. The summed E-state index contributed by atoms with van der Waals surface area (Å²) in [6.45, 7) is 0.152. The molecule has 10 heteroatoms. The molecular formula is C10H12N2O6S2. The van der Waals surface area contributed by atoms with Gasteiger partial charge in [0.2, 0.25) is 0 Å². The Labute approximate surface area is 119 Å². The first-order valence-electron chi connectivity index (χ1n) is 5.66. The van der Waals surface area contributed by atoms with Crippen LogP contribution in [0.15, 0.2) is 9.72 Å². The van der Waals surface area contributed by atoms with Crippen LogP contribution < -0.4 is 0 Å². The Balaban J connectivity index is 2.42. The van der Waals surface area contributed by atoms with E-state index >= 15 is 0 Å². The van der Waals surface area contributed by atoms with E-state index in [4.69, 9.17) is 5.11 Å². The van der Waals surface area contributed by atoms with Crippen molar-refractivity contribution in [1.29, 1.82) is 0 Å². The van der Waals surface area contributed by atoms with Crippen LogP contribution in [-0.4, -0.2) is 54.4 Å². The summed E-state index contributed by atoms with van der Waals surface area (Å²) < 4.78 is 30.2. The molecule has 20 heavy (non-hydrogen) atoms. The highest BCUT2D eigenvalue weighted by Crippen LogP contribution is 2.30. The van der Waals surface area contributed by atoms with Crippen LogP contribution in [0.2, 0.25) is 0 Å². The number of methoxy groups -OCH3 is 1. The molecule has 2 rings (SSSR count). The predicted octanol–water partition coefficient (Wildman–Crippen LogP) is 0.167. The zero-order chi connectivity index (χ0) is 14.9. The van der Waals surface area contributed by atoms with Crippen LogP contribution in [-0.2, 0) is 19.6 Å². The number of esters is 1. The van der Waals surface area contributed by atoms with E-state index < -0.39 is 33.7 Å². The minimum Gasteiger partial charge on any atom is -0.476 e. The summed E-state index contributed by atoms with van der Waals surface area (Å²) in [7, 11) is -2.89. The lowest BCUT2D eigenvalue weighted by molar-refractivity contribution is -0.144. The molecule has 110 valence electrons. The first-order valence-corrected chi connectivity index (χ1v) is 7.98. The van der Waals surface area contributed by atoms with Crippen molar-refractivity contribution in [1.82, 2.24) is 9.29 Å². The molecule has 1 saturated heterocycles. The van der Waals surface area contributed by atoms with Crippen LogP contribution in [0.3, 0.4) is 0 Å². The Kier molecular flexibility index (Phi) is 4.06. The minimum absolute atomic E-state index is 0.152. The highest BCUT2D eigenvalue weighted by atomic mass is 32.2. The number of aromatic carboxylic acids is 1. The molecule has 8 nitrogen and oxygen atoms in total. The maximum absolute atomic E-state index is 12.5. The second-order valence-electron chi connectivity index (χ2n) is 4.09. The third kappa shape index (κ3) is 2.41. The van der Waals surface area contributed by atoms with E-state index in [1.807, 2.05) is 0 Å². The van der Waals surface area contributed by atoms with Gasteiger partial charge in [-0.05, 0) is 12.8 Å². The van der Waals surface area contributed by atoms with Crippen molar-refractivity contribution < 1.29 is 27.9 Å². The number of carbonyl (C=O) groups is 2. The first kappa shape index (κ1) is 14.9. The van der Waals surface area contributed by atoms with E-state index in [0.29, 0.717) is 12.8 Å². The number of aromatic nitrogens is 1. The van der Waals surface area contributed by atoms with E-state index in [1.54, 1.807) is 0 Å². The van der Waals surface area contributed by atoms with Crippen LogP contribution in [0, 0.1) is 0 Å². The number of sulfonamides is 1. The van der Waals surface area contributed by atoms with Crippen LogP contribution in [0.25, 0.3) is 0 Å². The fourth-order valence-corrected chi connectivity index (χ4v) is 4.97. The fraction of sp³-hybridized carbons (Fsp3) is 0.500. The molecule has 1 aliphatic heterocycles. The summed E-state index contributed by atoms with van der Waals surface area (Å²) in [6.07, 6.45) is 0.868. The number of thiazole rings is 1. The molecular weight excluding hydrogens is 308 g/mol. The summed E-state index contributed by atoms with van der Waals surface area (Å²) in [6, 6.07) is -0.909. The van der Waals surface area contributed by atoms with E-state index in [0.717, 1.165) is 21.2 Å². The number of hydrogen-bond acceptors (Lipinski definition) is 7. The lowest BCUT2D eigenvalue weighted by Crippen LogP contribution is -2.41. The highest BCUT2D eigenvalue weighted by molar-refractivity contribution is 7.91. The maximum atomic E-state index is 12.5. The van der Waals surface area contributed by atoms with Crippen LogP contribution >= 0.6 is 11.3 Å². The van der Waals surface area contributed by atoms with Gasteiger partial charge < -0.3 is 9.84 Å². The molecule has 0 amide bonds. The third-order valence-corrected chi connectivity index (χ3v) is 6.21. The average Bonchev–Trinajstić information content (AvgIpc) is 3.06. The summed E-state index contributed by atoms with van der Waals surface area (Å²) in [5.74, 6) is -2.06. The summed E-state index contributed by atoms with van der Waals surface area (Å²) in [5, 5.41) is 8.95. The topological polar surface area (TPSA) is 114 Å². The van der Waals surface area contributed by atoms with Gasteiger partial charge in [0.05, 0.1) is 12.6 Å². The summed E-state index contributed by atoms with van der Waals surface area (Å²) >= 11 is 0.719. The van der Waals surface area contributed by atoms with Gasteiger partial charge in [-0.2, -0.15) is 4.31 Å². The molecule has 2 heterocycles. The molecule has 1 aromatic rings. The van der Waals surface area contributed by atoms with Gasteiger partial charge in [0, 0.05) is 6.54 Å². The minimum atomic E-state index is -4.07. The standard InChI is InChI=1S/C10H12N2O6S2/c1-18-9(15)6-3-2-4-12(6)20(16,17)10-7(8(13)14)11-5-19-10/h5-6H,2-4H2,1H3,(H,13,14).